The van der Waals surface area contributed by atoms with E-state index in [-0.39, 0.29) is 12.4 Å². The quantitative estimate of drug-likeness (QED) is 0.727. The summed E-state index contributed by atoms with van der Waals surface area (Å²) in [6.45, 7) is 3.23. The Labute approximate surface area is 186 Å². The number of benzene rings is 2. The van der Waals surface area contributed by atoms with E-state index in [1.165, 1.54) is 41.5 Å². The summed E-state index contributed by atoms with van der Waals surface area (Å²) >= 11 is 0. The maximum Gasteiger partial charge on any atom is 0.141 e. The molecule has 2 nitrogen and oxygen atoms in total. The second kappa shape index (κ2) is 9.49. The van der Waals surface area contributed by atoms with Gasteiger partial charge in [-0.25, -0.2) is 0 Å². The van der Waals surface area contributed by atoms with Gasteiger partial charge in [-0.15, -0.1) is 0 Å². The summed E-state index contributed by atoms with van der Waals surface area (Å²) in [4.78, 5) is 14.1. The fourth-order valence-corrected chi connectivity index (χ4v) is 5.77. The van der Waals surface area contributed by atoms with E-state index in [1.54, 1.807) is 10.5 Å². The van der Waals surface area contributed by atoms with E-state index >= 15 is 0 Å². The van der Waals surface area contributed by atoms with Crippen molar-refractivity contribution in [3.63, 3.8) is 0 Å². The molecule has 0 spiro atoms. The van der Waals surface area contributed by atoms with E-state index in [4.69, 9.17) is 0 Å². The molecule has 2 aromatic rings. The van der Waals surface area contributed by atoms with Gasteiger partial charge in [0, 0.05) is 18.3 Å². The number of hydrogen-bond donors (Lipinski definition) is 1. The van der Waals surface area contributed by atoms with Crippen molar-refractivity contribution in [1.29, 1.82) is 0 Å². The van der Waals surface area contributed by atoms with Crippen molar-refractivity contribution in [2.75, 3.05) is 19.6 Å². The Morgan fingerprint density at radius 3 is 2.13 bits per heavy atom. The van der Waals surface area contributed by atoms with Crippen LogP contribution in [-0.2, 0) is 4.79 Å². The van der Waals surface area contributed by atoms with E-state index in [0.29, 0.717) is 17.6 Å². The molecule has 158 valence electrons. The minimum atomic E-state index is 0. The highest BCUT2D eigenvalue weighted by Crippen LogP contribution is 2.48. The second-order valence-electron chi connectivity index (χ2n) is 9.14. The highest BCUT2D eigenvalue weighted by atomic mass is 35.5. The number of carbonyl (C=O) groups excluding carboxylic acids is 1. The summed E-state index contributed by atoms with van der Waals surface area (Å²) < 4.78 is 0. The SMILES string of the molecule is O=C(CC[NH+]1CC=C(C2c3ccccc3-c3ccccc32)CC1)C1CCCCC1.[Cl-]. The Morgan fingerprint density at radius 1 is 0.900 bits per heavy atom. The molecule has 3 heteroatoms. The van der Waals surface area contributed by atoms with Gasteiger partial charge in [0.15, 0.2) is 0 Å². The first-order valence-electron chi connectivity index (χ1n) is 11.5. The molecule has 1 unspecified atom stereocenters. The monoisotopic (exact) mass is 421 g/mol. The van der Waals surface area contributed by atoms with Crippen LogP contribution in [0.25, 0.3) is 11.1 Å². The summed E-state index contributed by atoms with van der Waals surface area (Å²) in [6, 6.07) is 17.8. The van der Waals surface area contributed by atoms with Gasteiger partial charge in [0.25, 0.3) is 0 Å². The molecule has 1 atom stereocenters. The molecule has 5 rings (SSSR count). The fourth-order valence-electron chi connectivity index (χ4n) is 5.77. The van der Waals surface area contributed by atoms with Crippen LogP contribution in [-0.4, -0.2) is 25.4 Å². The molecule has 3 aliphatic rings. The highest BCUT2D eigenvalue weighted by molar-refractivity contribution is 5.81. The van der Waals surface area contributed by atoms with Crippen LogP contribution >= 0.6 is 0 Å². The number of rotatable bonds is 5. The molecule has 2 aromatic carbocycles. The van der Waals surface area contributed by atoms with Crippen LogP contribution in [0.5, 0.6) is 0 Å². The summed E-state index contributed by atoms with van der Waals surface area (Å²) in [5, 5.41) is 0. The molecule has 0 aromatic heterocycles. The third-order valence-corrected chi connectivity index (χ3v) is 7.41. The lowest BCUT2D eigenvalue weighted by Crippen LogP contribution is -3.12. The fraction of sp³-hybridized carbons (Fsp3) is 0.444. The standard InChI is InChI=1S/C27H31NO.ClH/c29-26(20-8-2-1-3-9-20)16-19-28-17-14-21(15-18-28)27-24-12-6-4-10-22(24)23-11-5-7-13-25(23)27;/h4-7,10-14,20,27H,1-3,8-9,15-19H2;1H. The van der Waals surface area contributed by atoms with Crippen LogP contribution in [0.15, 0.2) is 60.2 Å². The zero-order valence-corrected chi connectivity index (χ0v) is 18.5. The lowest BCUT2D eigenvalue weighted by atomic mass is 9.84. The third-order valence-electron chi connectivity index (χ3n) is 7.41. The first-order chi connectivity index (χ1) is 14.3. The minimum absolute atomic E-state index is 0. The Kier molecular flexibility index (Phi) is 6.75. The molecule has 2 aliphatic carbocycles. The molecule has 0 saturated heterocycles. The molecule has 0 bridgehead atoms. The molecule has 1 aliphatic heterocycles. The number of halogens is 1. The summed E-state index contributed by atoms with van der Waals surface area (Å²) in [5.74, 6) is 1.32. The average molecular weight is 422 g/mol. The molecule has 0 amide bonds. The molecule has 30 heavy (non-hydrogen) atoms. The van der Waals surface area contributed by atoms with Gasteiger partial charge in [-0.05, 0) is 41.2 Å². The van der Waals surface area contributed by atoms with Gasteiger partial charge in [-0.1, -0.05) is 73.4 Å². The van der Waals surface area contributed by atoms with Crippen LogP contribution in [0.3, 0.4) is 0 Å². The zero-order chi connectivity index (χ0) is 19.6. The van der Waals surface area contributed by atoms with E-state index < -0.39 is 0 Å². The normalized spacial score (nSPS) is 21.3. The lowest BCUT2D eigenvalue weighted by molar-refractivity contribution is -0.895. The van der Waals surface area contributed by atoms with Crippen molar-refractivity contribution < 1.29 is 22.1 Å². The molecule has 1 N–H and O–H groups in total. The number of carbonyl (C=O) groups is 1. The number of Topliss-reactive ketones (excluding diaryl/α,β-unsaturated/α-hetero) is 1. The average Bonchev–Trinajstić information content (AvgIpc) is 3.13. The lowest BCUT2D eigenvalue weighted by Gasteiger charge is -2.28. The van der Waals surface area contributed by atoms with Gasteiger partial charge in [-0.2, -0.15) is 0 Å². The van der Waals surface area contributed by atoms with Gasteiger partial charge in [0.1, 0.15) is 5.78 Å². The number of nitrogens with one attached hydrogen (secondary N) is 1. The van der Waals surface area contributed by atoms with Gasteiger partial charge in [-0.3, -0.25) is 4.79 Å². The first kappa shape index (κ1) is 21.3. The predicted octanol–water partition coefficient (Wildman–Crippen LogP) is 1.56. The van der Waals surface area contributed by atoms with Gasteiger partial charge in [0.2, 0.25) is 0 Å². The Hall–Kier alpha value is -1.90. The number of quaternary nitrogens is 1. The van der Waals surface area contributed by atoms with Gasteiger partial charge >= 0.3 is 0 Å². The van der Waals surface area contributed by atoms with Gasteiger partial charge in [0.05, 0.1) is 26.1 Å². The summed E-state index contributed by atoms with van der Waals surface area (Å²) in [5.41, 5.74) is 7.32. The maximum atomic E-state index is 12.6. The predicted molar refractivity (Wildman–Crippen MR) is 118 cm³/mol. The second-order valence-corrected chi connectivity index (χ2v) is 9.14. The van der Waals surface area contributed by atoms with E-state index in [2.05, 4.69) is 54.6 Å². The molecule has 1 saturated carbocycles. The minimum Gasteiger partial charge on any atom is -1.00 e. The van der Waals surface area contributed by atoms with Crippen LogP contribution in [0.1, 0.15) is 62.0 Å². The van der Waals surface area contributed by atoms with E-state index in [0.717, 1.165) is 45.3 Å². The number of hydrogen-bond acceptors (Lipinski definition) is 1. The first-order valence-corrected chi connectivity index (χ1v) is 11.5. The van der Waals surface area contributed by atoms with E-state index in [1.807, 2.05) is 0 Å². The molecular weight excluding hydrogens is 390 g/mol. The van der Waals surface area contributed by atoms with Crippen LogP contribution < -0.4 is 17.3 Å². The van der Waals surface area contributed by atoms with Crippen LogP contribution in [0, 0.1) is 5.92 Å². The Bertz CT molecular complexity index is 882. The number of ketones is 1. The summed E-state index contributed by atoms with van der Waals surface area (Å²) in [6.07, 6.45) is 10.5. The largest absolute Gasteiger partial charge is 1.00 e. The van der Waals surface area contributed by atoms with Crippen molar-refractivity contribution in [2.45, 2.75) is 50.9 Å². The van der Waals surface area contributed by atoms with Crippen molar-refractivity contribution in [3.8, 4) is 11.1 Å². The molecule has 1 heterocycles. The van der Waals surface area contributed by atoms with Crippen LogP contribution in [0.2, 0.25) is 0 Å². The molecule has 1 fully saturated rings. The van der Waals surface area contributed by atoms with E-state index in [9.17, 15) is 4.79 Å². The van der Waals surface area contributed by atoms with Crippen molar-refractivity contribution in [1.82, 2.24) is 0 Å². The number of fused-ring (bicyclic) bond motifs is 3. The smallest absolute Gasteiger partial charge is 0.141 e. The topological polar surface area (TPSA) is 21.5 Å². The summed E-state index contributed by atoms with van der Waals surface area (Å²) in [7, 11) is 0. The van der Waals surface area contributed by atoms with Crippen molar-refractivity contribution in [2.24, 2.45) is 5.92 Å². The Balaban J connectivity index is 0.00000218. The molecule has 0 radical (unpaired) electrons. The molecular formula is C27H32ClNO. The highest BCUT2D eigenvalue weighted by Gasteiger charge is 2.32. The van der Waals surface area contributed by atoms with Crippen molar-refractivity contribution >= 4 is 5.78 Å². The maximum absolute atomic E-state index is 12.6. The van der Waals surface area contributed by atoms with Crippen LogP contribution in [0.4, 0.5) is 0 Å². The Morgan fingerprint density at radius 2 is 1.53 bits per heavy atom. The zero-order valence-electron chi connectivity index (χ0n) is 17.7. The van der Waals surface area contributed by atoms with Gasteiger partial charge < -0.3 is 17.3 Å². The third kappa shape index (κ3) is 4.13. The van der Waals surface area contributed by atoms with Crippen molar-refractivity contribution in [3.05, 3.63) is 71.3 Å².